The van der Waals surface area contributed by atoms with Crippen LogP contribution in [-0.2, 0) is 4.74 Å². The molecule has 1 rings (SSSR count). The van der Waals surface area contributed by atoms with Gasteiger partial charge in [-0.05, 0) is 12.8 Å². The maximum atomic E-state index is 10.7. The van der Waals surface area contributed by atoms with Crippen LogP contribution in [0.1, 0.15) is 12.8 Å². The van der Waals surface area contributed by atoms with Crippen molar-refractivity contribution < 1.29 is 14.6 Å². The van der Waals surface area contributed by atoms with Crippen LogP contribution < -0.4 is 0 Å². The van der Waals surface area contributed by atoms with E-state index in [2.05, 4.69) is 5.92 Å². The number of carbonyl (C=O) groups is 1. The molecule has 4 heteroatoms. The monoisotopic (exact) mass is 183 g/mol. The molecule has 0 aromatic rings. The number of amides is 1. The van der Waals surface area contributed by atoms with Crippen LogP contribution in [0.5, 0.6) is 0 Å². The van der Waals surface area contributed by atoms with Gasteiger partial charge in [-0.1, -0.05) is 5.92 Å². The Morgan fingerprint density at radius 3 is 3.15 bits per heavy atom. The molecule has 1 fully saturated rings. The van der Waals surface area contributed by atoms with E-state index in [1.165, 1.54) is 4.90 Å². The second kappa shape index (κ2) is 4.73. The summed E-state index contributed by atoms with van der Waals surface area (Å²) in [5, 5.41) is 8.77. The molecule has 1 atom stereocenters. The smallest absolute Gasteiger partial charge is 0.407 e. The summed E-state index contributed by atoms with van der Waals surface area (Å²) >= 11 is 0. The Morgan fingerprint density at radius 1 is 1.77 bits per heavy atom. The topological polar surface area (TPSA) is 49.8 Å². The van der Waals surface area contributed by atoms with Crippen LogP contribution in [0.2, 0.25) is 0 Å². The number of terminal acetylenes is 1. The highest BCUT2D eigenvalue weighted by atomic mass is 16.5. The molecular weight excluding hydrogens is 170 g/mol. The molecule has 1 saturated heterocycles. The molecule has 0 spiro atoms. The van der Waals surface area contributed by atoms with Gasteiger partial charge in [0.2, 0.25) is 0 Å². The normalized spacial score (nSPS) is 21.5. The lowest BCUT2D eigenvalue weighted by Crippen LogP contribution is -2.37. The fourth-order valence-corrected chi connectivity index (χ4v) is 1.51. The van der Waals surface area contributed by atoms with Crippen molar-refractivity contribution in [2.75, 3.05) is 19.8 Å². The zero-order chi connectivity index (χ0) is 9.68. The van der Waals surface area contributed by atoms with E-state index < -0.39 is 6.09 Å². The summed E-state index contributed by atoms with van der Waals surface area (Å²) in [6.45, 7) is 1.28. The van der Waals surface area contributed by atoms with Crippen LogP contribution in [0.4, 0.5) is 4.79 Å². The number of hydrogen-bond donors (Lipinski definition) is 1. The molecule has 0 radical (unpaired) electrons. The van der Waals surface area contributed by atoms with Crippen LogP contribution in [-0.4, -0.2) is 41.9 Å². The molecule has 0 aliphatic carbocycles. The minimum atomic E-state index is -0.869. The van der Waals surface area contributed by atoms with Gasteiger partial charge in [0.1, 0.15) is 6.61 Å². The van der Waals surface area contributed by atoms with Gasteiger partial charge in [-0.2, -0.15) is 0 Å². The molecule has 0 bridgehead atoms. The Kier molecular flexibility index (Phi) is 3.59. The van der Waals surface area contributed by atoms with Gasteiger partial charge in [-0.25, -0.2) is 4.79 Å². The highest BCUT2D eigenvalue weighted by molar-refractivity contribution is 5.65. The molecule has 72 valence electrons. The third kappa shape index (κ3) is 2.63. The number of rotatable bonds is 3. The number of hydrogen-bond acceptors (Lipinski definition) is 2. The van der Waals surface area contributed by atoms with Gasteiger partial charge in [0.25, 0.3) is 0 Å². The summed E-state index contributed by atoms with van der Waals surface area (Å²) in [4.78, 5) is 12.1. The van der Waals surface area contributed by atoms with Crippen LogP contribution in [0.3, 0.4) is 0 Å². The van der Waals surface area contributed by atoms with Crippen molar-refractivity contribution >= 4 is 6.09 Å². The highest BCUT2D eigenvalue weighted by Crippen LogP contribution is 2.17. The predicted molar refractivity (Wildman–Crippen MR) is 47.4 cm³/mol. The molecule has 1 heterocycles. The van der Waals surface area contributed by atoms with E-state index in [9.17, 15) is 4.79 Å². The quantitative estimate of drug-likeness (QED) is 0.519. The summed E-state index contributed by atoms with van der Waals surface area (Å²) in [6.07, 6.45) is 5.92. The number of carboxylic acid groups (broad SMARTS) is 1. The Hall–Kier alpha value is -1.21. The van der Waals surface area contributed by atoms with Crippen molar-refractivity contribution in [1.29, 1.82) is 0 Å². The molecule has 0 saturated carbocycles. The Labute approximate surface area is 77.5 Å². The minimum Gasteiger partial charge on any atom is -0.465 e. The zero-order valence-corrected chi connectivity index (χ0v) is 7.40. The third-order valence-electron chi connectivity index (χ3n) is 2.12. The first-order valence-corrected chi connectivity index (χ1v) is 4.26. The maximum Gasteiger partial charge on any atom is 0.407 e. The van der Waals surface area contributed by atoms with Crippen molar-refractivity contribution in [2.45, 2.75) is 18.9 Å². The van der Waals surface area contributed by atoms with E-state index >= 15 is 0 Å². The van der Waals surface area contributed by atoms with Gasteiger partial charge in [0.15, 0.2) is 0 Å². The average Bonchev–Trinajstić information content (AvgIpc) is 2.53. The third-order valence-corrected chi connectivity index (χ3v) is 2.12. The standard InChI is InChI=1S/C9H13NO3/c1-2-6-13-7-8-4-3-5-10(8)9(11)12/h1,8H,3-7H2,(H,11,12). The first-order valence-electron chi connectivity index (χ1n) is 4.26. The van der Waals surface area contributed by atoms with E-state index in [1.54, 1.807) is 0 Å². The highest BCUT2D eigenvalue weighted by Gasteiger charge is 2.28. The maximum absolute atomic E-state index is 10.7. The van der Waals surface area contributed by atoms with Crippen LogP contribution >= 0.6 is 0 Å². The first-order chi connectivity index (χ1) is 6.25. The number of likely N-dealkylation sites (tertiary alicyclic amines) is 1. The van der Waals surface area contributed by atoms with E-state index in [1.807, 2.05) is 0 Å². The van der Waals surface area contributed by atoms with Crippen molar-refractivity contribution in [2.24, 2.45) is 0 Å². The SMILES string of the molecule is C#CCOCC1CCCN1C(=O)O. The Balaban J connectivity index is 2.32. The van der Waals surface area contributed by atoms with Crippen molar-refractivity contribution in [3.63, 3.8) is 0 Å². The molecule has 0 aromatic heterocycles. The minimum absolute atomic E-state index is 0.00847. The summed E-state index contributed by atoms with van der Waals surface area (Å²) < 4.78 is 5.11. The molecule has 13 heavy (non-hydrogen) atoms. The van der Waals surface area contributed by atoms with Gasteiger partial charge in [-0.15, -0.1) is 6.42 Å². The molecule has 0 aromatic carbocycles. The second-order valence-electron chi connectivity index (χ2n) is 2.99. The van der Waals surface area contributed by atoms with E-state index in [0.717, 1.165) is 12.8 Å². The second-order valence-corrected chi connectivity index (χ2v) is 2.99. The molecule has 4 nitrogen and oxygen atoms in total. The fraction of sp³-hybridized carbons (Fsp3) is 0.667. The Bertz CT molecular complexity index is 221. The predicted octanol–water partition coefficient (Wildman–Crippen LogP) is 0.779. The van der Waals surface area contributed by atoms with Gasteiger partial charge in [-0.3, -0.25) is 0 Å². The van der Waals surface area contributed by atoms with Gasteiger partial charge < -0.3 is 14.7 Å². The van der Waals surface area contributed by atoms with Crippen LogP contribution in [0, 0.1) is 12.3 Å². The van der Waals surface area contributed by atoms with Gasteiger partial charge >= 0.3 is 6.09 Å². The van der Waals surface area contributed by atoms with Gasteiger partial charge in [0.05, 0.1) is 12.6 Å². The number of nitrogens with zero attached hydrogens (tertiary/aromatic N) is 1. The zero-order valence-electron chi connectivity index (χ0n) is 7.40. The summed E-state index contributed by atoms with van der Waals surface area (Å²) in [7, 11) is 0. The molecule has 1 N–H and O–H groups in total. The molecule has 1 aliphatic heterocycles. The molecule has 1 unspecified atom stereocenters. The molecule has 1 amide bonds. The molecular formula is C9H13NO3. The van der Waals surface area contributed by atoms with Crippen LogP contribution in [0.15, 0.2) is 0 Å². The van der Waals surface area contributed by atoms with Gasteiger partial charge in [0, 0.05) is 6.54 Å². The Morgan fingerprint density at radius 2 is 2.54 bits per heavy atom. The first kappa shape index (κ1) is 9.87. The lowest BCUT2D eigenvalue weighted by molar-refractivity contribution is 0.0876. The molecule has 1 aliphatic rings. The van der Waals surface area contributed by atoms with Crippen molar-refractivity contribution in [3.8, 4) is 12.3 Å². The average molecular weight is 183 g/mol. The van der Waals surface area contributed by atoms with E-state index in [4.69, 9.17) is 16.3 Å². The van der Waals surface area contributed by atoms with Crippen molar-refractivity contribution in [1.82, 2.24) is 4.90 Å². The lowest BCUT2D eigenvalue weighted by atomic mass is 10.2. The van der Waals surface area contributed by atoms with Crippen LogP contribution in [0.25, 0.3) is 0 Å². The summed E-state index contributed by atoms with van der Waals surface area (Å²) in [5.74, 6) is 2.35. The number of ether oxygens (including phenoxy) is 1. The lowest BCUT2D eigenvalue weighted by Gasteiger charge is -2.20. The fourth-order valence-electron chi connectivity index (χ4n) is 1.51. The van der Waals surface area contributed by atoms with E-state index in [0.29, 0.717) is 13.2 Å². The van der Waals surface area contributed by atoms with Crippen molar-refractivity contribution in [3.05, 3.63) is 0 Å². The van der Waals surface area contributed by atoms with E-state index in [-0.39, 0.29) is 12.6 Å². The largest absolute Gasteiger partial charge is 0.465 e. The summed E-state index contributed by atoms with van der Waals surface area (Å²) in [6, 6.07) is -0.00847. The summed E-state index contributed by atoms with van der Waals surface area (Å²) in [5.41, 5.74) is 0.